The van der Waals surface area contributed by atoms with Gasteiger partial charge in [-0.15, -0.1) is 0 Å². The van der Waals surface area contributed by atoms with Crippen molar-refractivity contribution in [2.45, 2.75) is 6.61 Å². The first-order valence-corrected chi connectivity index (χ1v) is 11.6. The van der Waals surface area contributed by atoms with Crippen LogP contribution in [-0.4, -0.2) is 24.0 Å². The van der Waals surface area contributed by atoms with E-state index in [9.17, 15) is 14.0 Å². The number of anilines is 1. The number of carbonyl (C=O) groups excluding carboxylic acids is 2. The van der Waals surface area contributed by atoms with Crippen molar-refractivity contribution in [2.75, 3.05) is 12.0 Å². The van der Waals surface area contributed by atoms with Crippen molar-refractivity contribution in [1.29, 1.82) is 0 Å². The summed E-state index contributed by atoms with van der Waals surface area (Å²) >= 11 is 7.32. The van der Waals surface area contributed by atoms with Crippen molar-refractivity contribution in [1.82, 2.24) is 5.32 Å². The molecule has 1 saturated heterocycles. The number of nitrogens with zero attached hydrogens (tertiary/aromatic N) is 1. The zero-order valence-electron chi connectivity index (χ0n) is 17.9. The molecule has 0 spiro atoms. The normalized spacial score (nSPS) is 14.9. The van der Waals surface area contributed by atoms with Crippen LogP contribution in [0.4, 0.5) is 10.1 Å². The second-order valence-corrected chi connectivity index (χ2v) is 8.79. The molecule has 6 nitrogen and oxygen atoms in total. The second kappa shape index (κ2) is 10.3. The van der Waals surface area contributed by atoms with Crippen LogP contribution in [0, 0.1) is 9.39 Å². The maximum atomic E-state index is 13.2. The molecule has 34 heavy (non-hydrogen) atoms. The van der Waals surface area contributed by atoms with Gasteiger partial charge in [0.15, 0.2) is 16.6 Å². The Labute approximate surface area is 214 Å². The number of hydrogen-bond donors (Lipinski definition) is 1. The summed E-state index contributed by atoms with van der Waals surface area (Å²) in [6.07, 6.45) is 1.49. The molecule has 0 bridgehead atoms. The zero-order chi connectivity index (χ0) is 24.2. The number of para-hydroxylation sites is 1. The van der Waals surface area contributed by atoms with Crippen LogP contribution in [0.15, 0.2) is 72.3 Å². The van der Waals surface area contributed by atoms with E-state index in [0.29, 0.717) is 26.3 Å². The first-order valence-electron chi connectivity index (χ1n) is 10.1. The molecule has 172 valence electrons. The first kappa shape index (κ1) is 23.8. The average molecular weight is 588 g/mol. The van der Waals surface area contributed by atoms with Gasteiger partial charge in [0, 0.05) is 0 Å². The van der Waals surface area contributed by atoms with Gasteiger partial charge in [0.1, 0.15) is 18.0 Å². The van der Waals surface area contributed by atoms with Crippen molar-refractivity contribution in [3.05, 3.63) is 92.8 Å². The number of rotatable bonds is 6. The minimum atomic E-state index is -0.576. The topological polar surface area (TPSA) is 67.9 Å². The van der Waals surface area contributed by atoms with E-state index in [2.05, 4.69) is 27.9 Å². The zero-order valence-corrected chi connectivity index (χ0v) is 20.9. The minimum Gasteiger partial charge on any atom is -0.493 e. The van der Waals surface area contributed by atoms with E-state index in [1.54, 1.807) is 48.5 Å². The summed E-state index contributed by atoms with van der Waals surface area (Å²) in [5.74, 6) is -0.486. The van der Waals surface area contributed by atoms with E-state index in [1.165, 1.54) is 30.2 Å². The van der Waals surface area contributed by atoms with E-state index >= 15 is 0 Å². The van der Waals surface area contributed by atoms with Gasteiger partial charge in [0.25, 0.3) is 11.8 Å². The summed E-state index contributed by atoms with van der Waals surface area (Å²) in [5.41, 5.74) is 1.87. The molecule has 1 aliphatic rings. The highest BCUT2D eigenvalue weighted by Crippen LogP contribution is 2.35. The smallest absolute Gasteiger partial charge is 0.270 e. The van der Waals surface area contributed by atoms with Crippen molar-refractivity contribution in [3.63, 3.8) is 0 Å². The van der Waals surface area contributed by atoms with Crippen LogP contribution in [0.2, 0.25) is 0 Å². The van der Waals surface area contributed by atoms with Crippen LogP contribution in [-0.2, 0) is 16.2 Å². The van der Waals surface area contributed by atoms with Crippen LogP contribution in [0.25, 0.3) is 6.08 Å². The maximum absolute atomic E-state index is 13.2. The van der Waals surface area contributed by atoms with E-state index in [0.717, 1.165) is 5.56 Å². The number of thiocarbonyl (C=S) groups is 1. The van der Waals surface area contributed by atoms with E-state index in [4.69, 9.17) is 21.7 Å². The van der Waals surface area contributed by atoms with Gasteiger partial charge >= 0.3 is 0 Å². The average Bonchev–Trinajstić information content (AvgIpc) is 2.82. The Morgan fingerprint density at radius 1 is 1.09 bits per heavy atom. The lowest BCUT2D eigenvalue weighted by Crippen LogP contribution is -2.54. The summed E-state index contributed by atoms with van der Waals surface area (Å²) in [6, 6.07) is 18.3. The van der Waals surface area contributed by atoms with E-state index in [-0.39, 0.29) is 23.1 Å². The van der Waals surface area contributed by atoms with Crippen LogP contribution >= 0.6 is 34.8 Å². The predicted molar refractivity (Wildman–Crippen MR) is 139 cm³/mol. The Balaban J connectivity index is 1.63. The van der Waals surface area contributed by atoms with E-state index in [1.807, 2.05) is 6.07 Å². The predicted octanol–water partition coefficient (Wildman–Crippen LogP) is 4.85. The lowest BCUT2D eigenvalue weighted by atomic mass is 10.1. The molecule has 1 N–H and O–H groups in total. The number of amides is 2. The number of ether oxygens (including phenoxy) is 2. The highest BCUT2D eigenvalue weighted by Gasteiger charge is 2.34. The molecule has 0 atom stereocenters. The third kappa shape index (κ3) is 5.10. The summed E-state index contributed by atoms with van der Waals surface area (Å²) in [4.78, 5) is 27.0. The summed E-state index contributed by atoms with van der Waals surface area (Å²) in [5, 5.41) is 2.59. The Kier molecular flexibility index (Phi) is 7.23. The van der Waals surface area contributed by atoms with Gasteiger partial charge in [0.05, 0.1) is 16.4 Å². The van der Waals surface area contributed by atoms with Crippen LogP contribution in [0.1, 0.15) is 11.1 Å². The van der Waals surface area contributed by atoms with Crippen LogP contribution in [0.5, 0.6) is 11.5 Å². The Hall–Kier alpha value is -3.31. The lowest BCUT2D eigenvalue weighted by molar-refractivity contribution is -0.122. The Morgan fingerprint density at radius 3 is 2.47 bits per heavy atom. The Morgan fingerprint density at radius 2 is 1.79 bits per heavy atom. The third-order valence-electron chi connectivity index (χ3n) is 4.98. The molecular weight excluding hydrogens is 570 g/mol. The molecule has 0 aromatic heterocycles. The van der Waals surface area contributed by atoms with Gasteiger partial charge in [-0.1, -0.05) is 30.3 Å². The largest absolute Gasteiger partial charge is 0.493 e. The quantitative estimate of drug-likeness (QED) is 0.193. The molecule has 3 aromatic carbocycles. The SMILES string of the molecule is COc1cc(/C=C2/C(=O)NC(=S)N(c3ccccc3)C2=O)cc(I)c1OCc1ccc(F)cc1. The molecule has 3 aromatic rings. The van der Waals surface area contributed by atoms with Crippen LogP contribution < -0.4 is 19.7 Å². The molecule has 0 radical (unpaired) electrons. The number of hydrogen-bond acceptors (Lipinski definition) is 5. The number of halogens is 2. The fourth-order valence-corrected chi connectivity index (χ4v) is 4.40. The summed E-state index contributed by atoms with van der Waals surface area (Å²) in [7, 11) is 1.50. The third-order valence-corrected chi connectivity index (χ3v) is 6.06. The number of methoxy groups -OCH3 is 1. The fourth-order valence-electron chi connectivity index (χ4n) is 3.34. The number of carbonyl (C=O) groups is 2. The van der Waals surface area contributed by atoms with Crippen molar-refractivity contribution >= 4 is 63.5 Å². The molecule has 0 aliphatic carbocycles. The fraction of sp³-hybridized carbons (Fsp3) is 0.0800. The molecule has 0 unspecified atom stereocenters. The molecular formula is C25H18FIN2O4S. The molecule has 2 amide bonds. The molecule has 1 fully saturated rings. The van der Waals surface area contributed by atoms with Crippen LogP contribution in [0.3, 0.4) is 0 Å². The van der Waals surface area contributed by atoms with Crippen molar-refractivity contribution < 1.29 is 23.5 Å². The molecule has 9 heteroatoms. The van der Waals surface area contributed by atoms with Crippen molar-refractivity contribution in [3.8, 4) is 11.5 Å². The Bertz CT molecular complexity index is 1300. The number of nitrogens with one attached hydrogen (secondary N) is 1. The van der Waals surface area contributed by atoms with Gasteiger partial charge < -0.3 is 9.47 Å². The second-order valence-electron chi connectivity index (χ2n) is 7.24. The molecule has 1 heterocycles. The highest BCUT2D eigenvalue weighted by atomic mass is 127. The van der Waals surface area contributed by atoms with Gasteiger partial charge in [-0.3, -0.25) is 19.8 Å². The summed E-state index contributed by atoms with van der Waals surface area (Å²) < 4.78 is 25.3. The van der Waals surface area contributed by atoms with Gasteiger partial charge in [-0.2, -0.15) is 0 Å². The molecule has 1 aliphatic heterocycles. The lowest BCUT2D eigenvalue weighted by Gasteiger charge is -2.28. The standard InChI is InChI=1S/C25H18FIN2O4S/c1-32-21-13-16(12-20(27)22(21)33-14-15-7-9-17(26)10-8-15)11-19-23(30)28-25(34)29(24(19)31)18-5-3-2-4-6-18/h2-13H,14H2,1H3,(H,28,30,34)/b19-11-. The van der Waals surface area contributed by atoms with Gasteiger partial charge in [-0.05, 0) is 88.4 Å². The molecule has 0 saturated carbocycles. The maximum Gasteiger partial charge on any atom is 0.270 e. The minimum absolute atomic E-state index is 0.0232. The first-order chi connectivity index (χ1) is 16.4. The van der Waals surface area contributed by atoms with Gasteiger partial charge in [-0.25, -0.2) is 4.39 Å². The van der Waals surface area contributed by atoms with E-state index < -0.39 is 11.8 Å². The molecule has 4 rings (SSSR count). The van der Waals surface area contributed by atoms with Gasteiger partial charge in [0.2, 0.25) is 0 Å². The highest BCUT2D eigenvalue weighted by molar-refractivity contribution is 14.1. The summed E-state index contributed by atoms with van der Waals surface area (Å²) in [6.45, 7) is 0.220. The van der Waals surface area contributed by atoms with Crippen molar-refractivity contribution in [2.24, 2.45) is 0 Å². The number of benzene rings is 3. The monoisotopic (exact) mass is 588 g/mol.